The number of fused-ring (bicyclic) bond motifs is 4. The number of phenols is 1. The Balaban J connectivity index is 2.03. The normalized spacial score (nSPS) is 30.2. The fourth-order valence-electron chi connectivity index (χ4n) is 3.00. The van der Waals surface area contributed by atoms with Crippen molar-refractivity contribution >= 4 is 0 Å². The number of benzene rings is 1. The summed E-state index contributed by atoms with van der Waals surface area (Å²) >= 11 is 0. The summed E-state index contributed by atoms with van der Waals surface area (Å²) in [6, 6.07) is 5.89. The van der Waals surface area contributed by atoms with Gasteiger partial charge in [0.25, 0.3) is 0 Å². The van der Waals surface area contributed by atoms with Gasteiger partial charge in [0.1, 0.15) is 5.75 Å². The molecule has 68 valence electrons. The lowest BCUT2D eigenvalue weighted by molar-refractivity contribution is 0.339. The highest BCUT2D eigenvalue weighted by atomic mass is 16.3. The van der Waals surface area contributed by atoms with Gasteiger partial charge < -0.3 is 5.11 Å². The zero-order valence-corrected chi connectivity index (χ0v) is 7.66. The Hall–Kier alpha value is -0.980. The van der Waals surface area contributed by atoms with Gasteiger partial charge in [0, 0.05) is 0 Å². The average Bonchev–Trinajstić information content (AvgIpc) is 2.15. The van der Waals surface area contributed by atoms with Crippen LogP contribution in [-0.2, 0) is 0 Å². The predicted molar refractivity (Wildman–Crippen MR) is 52.1 cm³/mol. The molecule has 13 heavy (non-hydrogen) atoms. The van der Waals surface area contributed by atoms with Crippen LogP contribution in [0.2, 0.25) is 0 Å². The number of aromatic hydroxyl groups is 1. The maximum atomic E-state index is 9.36. The van der Waals surface area contributed by atoms with Gasteiger partial charge in [-0.15, -0.1) is 0 Å². The summed E-state index contributed by atoms with van der Waals surface area (Å²) in [5.74, 6) is 2.03. The van der Waals surface area contributed by atoms with Crippen molar-refractivity contribution in [2.75, 3.05) is 0 Å². The van der Waals surface area contributed by atoms with Gasteiger partial charge in [0.05, 0.1) is 0 Å². The van der Waals surface area contributed by atoms with Crippen LogP contribution in [0.25, 0.3) is 0 Å². The number of rotatable bonds is 0. The van der Waals surface area contributed by atoms with Gasteiger partial charge in [-0.05, 0) is 47.9 Å². The van der Waals surface area contributed by atoms with Gasteiger partial charge in [-0.3, -0.25) is 0 Å². The molecular formula is C12H14O. The first kappa shape index (κ1) is 7.43. The summed E-state index contributed by atoms with van der Waals surface area (Å²) in [5.41, 5.74) is 2.92. The van der Waals surface area contributed by atoms with E-state index in [1.165, 1.54) is 36.8 Å². The number of hydrogen-bond acceptors (Lipinski definition) is 1. The van der Waals surface area contributed by atoms with E-state index in [1.807, 2.05) is 12.1 Å². The molecule has 0 amide bonds. The minimum atomic E-state index is 0.433. The maximum absolute atomic E-state index is 9.36. The molecule has 0 aromatic heterocycles. The molecule has 1 aromatic rings. The van der Waals surface area contributed by atoms with E-state index in [9.17, 15) is 5.11 Å². The van der Waals surface area contributed by atoms with Crippen LogP contribution in [-0.4, -0.2) is 5.11 Å². The fourth-order valence-corrected chi connectivity index (χ4v) is 3.00. The molecule has 2 atom stereocenters. The van der Waals surface area contributed by atoms with Crippen molar-refractivity contribution in [1.82, 2.24) is 0 Å². The minimum Gasteiger partial charge on any atom is -0.508 e. The molecule has 1 nitrogen and oxygen atoms in total. The summed E-state index contributed by atoms with van der Waals surface area (Å²) in [7, 11) is 0. The van der Waals surface area contributed by atoms with Crippen LogP contribution in [0.3, 0.4) is 0 Å². The van der Waals surface area contributed by atoms with E-state index in [0.29, 0.717) is 5.75 Å². The monoisotopic (exact) mass is 174 g/mol. The van der Waals surface area contributed by atoms with E-state index in [1.54, 1.807) is 0 Å². The van der Waals surface area contributed by atoms with Crippen LogP contribution >= 0.6 is 0 Å². The Bertz CT molecular complexity index is 343. The largest absolute Gasteiger partial charge is 0.508 e. The highest BCUT2D eigenvalue weighted by Gasteiger charge is 2.38. The molecule has 2 aliphatic rings. The zero-order valence-electron chi connectivity index (χ0n) is 7.66. The molecular weight excluding hydrogens is 160 g/mol. The second-order valence-electron chi connectivity index (χ2n) is 4.31. The molecule has 2 aliphatic carbocycles. The zero-order chi connectivity index (χ0) is 8.84. The van der Waals surface area contributed by atoms with E-state index in [2.05, 4.69) is 6.07 Å². The SMILES string of the molecule is Oc1ccc2c(c1)C1CCCCC21. The standard InChI is InChI=1S/C12H14O/c13-8-5-6-11-9-3-1-2-4-10(9)12(11)7-8/h5-7,9-10,13H,1-4H2. The Kier molecular flexibility index (Phi) is 1.43. The predicted octanol–water partition coefficient (Wildman–Crippen LogP) is 3.15. The van der Waals surface area contributed by atoms with Crippen LogP contribution in [0.5, 0.6) is 5.75 Å². The fraction of sp³-hybridized carbons (Fsp3) is 0.500. The maximum Gasteiger partial charge on any atom is 0.115 e. The highest BCUT2D eigenvalue weighted by molar-refractivity contribution is 5.48. The lowest BCUT2D eigenvalue weighted by Gasteiger charge is -2.43. The minimum absolute atomic E-state index is 0.433. The molecule has 3 rings (SSSR count). The van der Waals surface area contributed by atoms with Gasteiger partial charge in [-0.25, -0.2) is 0 Å². The third kappa shape index (κ3) is 0.932. The third-order valence-corrected chi connectivity index (χ3v) is 3.64. The first-order chi connectivity index (χ1) is 6.36. The van der Waals surface area contributed by atoms with Crippen molar-refractivity contribution < 1.29 is 5.11 Å². The summed E-state index contributed by atoms with van der Waals surface area (Å²) in [6.45, 7) is 0. The first-order valence-corrected chi connectivity index (χ1v) is 5.19. The van der Waals surface area contributed by atoms with E-state index >= 15 is 0 Å². The molecule has 0 radical (unpaired) electrons. The van der Waals surface area contributed by atoms with E-state index < -0.39 is 0 Å². The first-order valence-electron chi connectivity index (χ1n) is 5.19. The highest BCUT2D eigenvalue weighted by Crippen LogP contribution is 2.55. The van der Waals surface area contributed by atoms with Gasteiger partial charge in [-0.2, -0.15) is 0 Å². The summed E-state index contributed by atoms with van der Waals surface area (Å²) in [4.78, 5) is 0. The molecule has 0 spiro atoms. The molecule has 2 unspecified atom stereocenters. The smallest absolute Gasteiger partial charge is 0.115 e. The number of phenolic OH excluding ortho intramolecular Hbond substituents is 1. The third-order valence-electron chi connectivity index (χ3n) is 3.64. The molecule has 0 saturated heterocycles. The second-order valence-corrected chi connectivity index (χ2v) is 4.31. The Morgan fingerprint density at radius 3 is 2.46 bits per heavy atom. The molecule has 1 saturated carbocycles. The van der Waals surface area contributed by atoms with Gasteiger partial charge in [0.2, 0.25) is 0 Å². The van der Waals surface area contributed by atoms with Crippen molar-refractivity contribution in [3.8, 4) is 5.75 Å². The molecule has 0 bridgehead atoms. The van der Waals surface area contributed by atoms with Crippen molar-refractivity contribution in [2.45, 2.75) is 37.5 Å². The Morgan fingerprint density at radius 1 is 1.00 bits per heavy atom. The van der Waals surface area contributed by atoms with Crippen molar-refractivity contribution in [1.29, 1.82) is 0 Å². The molecule has 1 fully saturated rings. The van der Waals surface area contributed by atoms with Crippen LogP contribution < -0.4 is 0 Å². The molecule has 1 heteroatoms. The van der Waals surface area contributed by atoms with Crippen LogP contribution in [0.4, 0.5) is 0 Å². The Morgan fingerprint density at radius 2 is 1.69 bits per heavy atom. The summed E-state index contributed by atoms with van der Waals surface area (Å²) in [6.07, 6.45) is 5.46. The lowest BCUT2D eigenvalue weighted by Crippen LogP contribution is -2.27. The molecule has 1 N–H and O–H groups in total. The van der Waals surface area contributed by atoms with Crippen molar-refractivity contribution in [3.63, 3.8) is 0 Å². The van der Waals surface area contributed by atoms with E-state index in [0.717, 1.165) is 11.8 Å². The summed E-state index contributed by atoms with van der Waals surface area (Å²) in [5, 5.41) is 9.36. The van der Waals surface area contributed by atoms with Gasteiger partial charge in [0.15, 0.2) is 0 Å². The van der Waals surface area contributed by atoms with E-state index in [-0.39, 0.29) is 0 Å². The summed E-state index contributed by atoms with van der Waals surface area (Å²) < 4.78 is 0. The van der Waals surface area contributed by atoms with Crippen molar-refractivity contribution in [3.05, 3.63) is 29.3 Å². The molecule has 1 aromatic carbocycles. The quantitative estimate of drug-likeness (QED) is 0.640. The topological polar surface area (TPSA) is 20.2 Å². The molecule has 0 heterocycles. The van der Waals surface area contributed by atoms with Crippen LogP contribution in [0, 0.1) is 0 Å². The lowest BCUT2D eigenvalue weighted by atomic mass is 9.61. The molecule has 0 aliphatic heterocycles. The van der Waals surface area contributed by atoms with Crippen LogP contribution in [0.15, 0.2) is 18.2 Å². The van der Waals surface area contributed by atoms with Gasteiger partial charge in [-0.1, -0.05) is 18.9 Å². The Labute approximate surface area is 78.4 Å². The average molecular weight is 174 g/mol. The second kappa shape index (κ2) is 2.50. The number of hydrogen-bond donors (Lipinski definition) is 1. The van der Waals surface area contributed by atoms with Gasteiger partial charge >= 0.3 is 0 Å². The van der Waals surface area contributed by atoms with Crippen LogP contribution in [0.1, 0.15) is 48.6 Å². The van der Waals surface area contributed by atoms with Crippen molar-refractivity contribution in [2.24, 2.45) is 0 Å². The van der Waals surface area contributed by atoms with E-state index in [4.69, 9.17) is 0 Å².